The molecule has 2 amide bonds. The first kappa shape index (κ1) is 12.2. The van der Waals surface area contributed by atoms with E-state index in [4.69, 9.17) is 5.11 Å². The lowest BCUT2D eigenvalue weighted by Crippen LogP contribution is -2.42. The molecule has 13 heavy (non-hydrogen) atoms. The predicted molar refractivity (Wildman–Crippen MR) is 52.6 cm³/mol. The van der Waals surface area contributed by atoms with Gasteiger partial charge in [-0.2, -0.15) is 0 Å². The lowest BCUT2D eigenvalue weighted by atomic mass is 9.95. The van der Waals surface area contributed by atoms with Gasteiger partial charge in [0, 0.05) is 32.2 Å². The molecule has 78 valence electrons. The summed E-state index contributed by atoms with van der Waals surface area (Å²) in [6, 6.07) is -0.0935. The van der Waals surface area contributed by atoms with Gasteiger partial charge >= 0.3 is 6.03 Å². The molecule has 0 atom stereocenters. The molecule has 4 heteroatoms. The van der Waals surface area contributed by atoms with Crippen LogP contribution in [-0.2, 0) is 0 Å². The first-order chi connectivity index (χ1) is 5.93. The summed E-state index contributed by atoms with van der Waals surface area (Å²) < 4.78 is 0. The van der Waals surface area contributed by atoms with Crippen molar-refractivity contribution in [1.29, 1.82) is 0 Å². The molecule has 0 fully saturated rings. The third-order valence-corrected chi connectivity index (χ3v) is 1.97. The molecule has 2 N–H and O–H groups in total. The Morgan fingerprint density at radius 3 is 2.46 bits per heavy atom. The molecular formula is C9H20N2O2. The van der Waals surface area contributed by atoms with Gasteiger partial charge in [0.1, 0.15) is 0 Å². The molecule has 0 rings (SSSR count). The minimum atomic E-state index is -0.246. The van der Waals surface area contributed by atoms with E-state index >= 15 is 0 Å². The van der Waals surface area contributed by atoms with Crippen LogP contribution in [0.2, 0.25) is 0 Å². The maximum atomic E-state index is 11.3. The maximum Gasteiger partial charge on any atom is 0.317 e. The number of rotatable bonds is 4. The molecule has 0 saturated heterocycles. The summed E-state index contributed by atoms with van der Waals surface area (Å²) in [7, 11) is 1.74. The zero-order valence-corrected chi connectivity index (χ0v) is 8.92. The van der Waals surface area contributed by atoms with Crippen molar-refractivity contribution in [3.05, 3.63) is 0 Å². The van der Waals surface area contributed by atoms with Gasteiger partial charge in [-0.3, -0.25) is 0 Å². The van der Waals surface area contributed by atoms with Crippen LogP contribution in [0.15, 0.2) is 0 Å². The fourth-order valence-corrected chi connectivity index (χ4v) is 0.649. The molecule has 0 unspecified atom stereocenters. The molecule has 0 aromatic carbocycles. The second kappa shape index (κ2) is 5.07. The molecule has 0 heterocycles. The molecular weight excluding hydrogens is 168 g/mol. The van der Waals surface area contributed by atoms with E-state index in [1.54, 1.807) is 11.9 Å². The molecule has 0 bridgehead atoms. The first-order valence-corrected chi connectivity index (χ1v) is 4.53. The van der Waals surface area contributed by atoms with Crippen molar-refractivity contribution in [3.8, 4) is 0 Å². The van der Waals surface area contributed by atoms with E-state index in [2.05, 4.69) is 5.32 Å². The standard InChI is InChI=1S/C9H20N2O2/c1-5-11(4)8(13)10-6-9(2,3)7-12/h12H,5-7H2,1-4H3,(H,10,13). The Balaban J connectivity index is 3.83. The van der Waals surface area contributed by atoms with Crippen LogP contribution in [0.5, 0.6) is 0 Å². The minimum Gasteiger partial charge on any atom is -0.396 e. The summed E-state index contributed by atoms with van der Waals surface area (Å²) in [4.78, 5) is 12.9. The van der Waals surface area contributed by atoms with Gasteiger partial charge in [-0.15, -0.1) is 0 Å². The normalized spacial score (nSPS) is 11.2. The molecule has 0 saturated carbocycles. The second-order valence-corrected chi connectivity index (χ2v) is 4.00. The van der Waals surface area contributed by atoms with Gasteiger partial charge in [0.05, 0.1) is 0 Å². The lowest BCUT2D eigenvalue weighted by Gasteiger charge is -2.24. The number of nitrogens with zero attached hydrogens (tertiary/aromatic N) is 1. The SMILES string of the molecule is CCN(C)C(=O)NCC(C)(C)CO. The third-order valence-electron chi connectivity index (χ3n) is 1.97. The fraction of sp³-hybridized carbons (Fsp3) is 0.889. The summed E-state index contributed by atoms with van der Waals surface area (Å²) in [5.41, 5.74) is -0.246. The topological polar surface area (TPSA) is 52.6 Å². The molecule has 0 aromatic rings. The number of aliphatic hydroxyl groups is 1. The first-order valence-electron chi connectivity index (χ1n) is 4.53. The van der Waals surface area contributed by atoms with Crippen LogP contribution in [0.25, 0.3) is 0 Å². The van der Waals surface area contributed by atoms with Crippen molar-refractivity contribution < 1.29 is 9.90 Å². The van der Waals surface area contributed by atoms with Crippen molar-refractivity contribution >= 4 is 6.03 Å². The number of carbonyl (C=O) groups excluding carboxylic acids is 1. The van der Waals surface area contributed by atoms with Crippen molar-refractivity contribution in [2.24, 2.45) is 5.41 Å². The van der Waals surface area contributed by atoms with Crippen molar-refractivity contribution in [3.63, 3.8) is 0 Å². The van der Waals surface area contributed by atoms with E-state index in [9.17, 15) is 4.79 Å². The monoisotopic (exact) mass is 188 g/mol. The average molecular weight is 188 g/mol. The third kappa shape index (κ3) is 4.72. The van der Waals surface area contributed by atoms with E-state index < -0.39 is 0 Å². The summed E-state index contributed by atoms with van der Waals surface area (Å²) in [6.45, 7) is 6.97. The van der Waals surface area contributed by atoms with E-state index in [0.717, 1.165) is 0 Å². The van der Waals surface area contributed by atoms with Gasteiger partial charge in [0.15, 0.2) is 0 Å². The Hall–Kier alpha value is -0.770. The largest absolute Gasteiger partial charge is 0.396 e. The second-order valence-electron chi connectivity index (χ2n) is 4.00. The summed E-state index contributed by atoms with van der Waals surface area (Å²) >= 11 is 0. The quantitative estimate of drug-likeness (QED) is 0.681. The summed E-state index contributed by atoms with van der Waals surface area (Å²) in [5, 5.41) is 11.7. The van der Waals surface area contributed by atoms with Crippen LogP contribution in [0, 0.1) is 5.41 Å². The number of hydrogen-bond acceptors (Lipinski definition) is 2. The molecule has 0 aliphatic carbocycles. The van der Waals surface area contributed by atoms with Gasteiger partial charge in [-0.05, 0) is 6.92 Å². The number of carbonyl (C=O) groups is 1. The van der Waals surface area contributed by atoms with Crippen molar-refractivity contribution in [1.82, 2.24) is 10.2 Å². The highest BCUT2D eigenvalue weighted by Crippen LogP contribution is 2.11. The predicted octanol–water partition coefficient (Wildman–Crippen LogP) is 0.666. The molecule has 0 radical (unpaired) electrons. The van der Waals surface area contributed by atoms with Crippen LogP contribution in [0.3, 0.4) is 0 Å². The van der Waals surface area contributed by atoms with E-state index in [1.807, 2.05) is 20.8 Å². The Labute approximate surface area is 79.9 Å². The Bertz CT molecular complexity index is 169. The number of urea groups is 1. The zero-order valence-electron chi connectivity index (χ0n) is 8.92. The molecule has 0 aliphatic heterocycles. The summed E-state index contributed by atoms with van der Waals surface area (Å²) in [5.74, 6) is 0. The molecule has 0 aromatic heterocycles. The average Bonchev–Trinajstić information content (AvgIpc) is 2.13. The zero-order chi connectivity index (χ0) is 10.5. The molecule has 0 aliphatic rings. The van der Waals surface area contributed by atoms with Crippen LogP contribution >= 0.6 is 0 Å². The van der Waals surface area contributed by atoms with Crippen molar-refractivity contribution in [2.45, 2.75) is 20.8 Å². The summed E-state index contributed by atoms with van der Waals surface area (Å²) in [6.07, 6.45) is 0. The van der Waals surface area contributed by atoms with Crippen LogP contribution in [-0.4, -0.2) is 42.8 Å². The fourth-order valence-electron chi connectivity index (χ4n) is 0.649. The van der Waals surface area contributed by atoms with Gasteiger partial charge in [0.25, 0.3) is 0 Å². The number of amides is 2. The smallest absolute Gasteiger partial charge is 0.317 e. The van der Waals surface area contributed by atoms with Gasteiger partial charge < -0.3 is 15.3 Å². The Kier molecular flexibility index (Phi) is 4.77. The maximum absolute atomic E-state index is 11.3. The number of nitrogens with one attached hydrogen (secondary N) is 1. The van der Waals surface area contributed by atoms with Gasteiger partial charge in [0.2, 0.25) is 0 Å². The van der Waals surface area contributed by atoms with E-state index in [0.29, 0.717) is 13.1 Å². The van der Waals surface area contributed by atoms with Crippen LogP contribution in [0.1, 0.15) is 20.8 Å². The van der Waals surface area contributed by atoms with E-state index in [1.165, 1.54) is 0 Å². The van der Waals surface area contributed by atoms with E-state index in [-0.39, 0.29) is 18.1 Å². The van der Waals surface area contributed by atoms with Crippen molar-refractivity contribution in [2.75, 3.05) is 26.7 Å². The van der Waals surface area contributed by atoms with Crippen LogP contribution < -0.4 is 5.32 Å². The van der Waals surface area contributed by atoms with Gasteiger partial charge in [-0.25, -0.2) is 4.79 Å². The Morgan fingerprint density at radius 2 is 2.08 bits per heavy atom. The minimum absolute atomic E-state index is 0.0725. The highest BCUT2D eigenvalue weighted by atomic mass is 16.3. The Morgan fingerprint density at radius 1 is 1.54 bits per heavy atom. The highest BCUT2D eigenvalue weighted by molar-refractivity contribution is 5.73. The molecule has 0 spiro atoms. The van der Waals surface area contributed by atoms with Crippen LogP contribution in [0.4, 0.5) is 4.79 Å². The lowest BCUT2D eigenvalue weighted by molar-refractivity contribution is 0.153. The highest BCUT2D eigenvalue weighted by Gasteiger charge is 2.18. The molecule has 4 nitrogen and oxygen atoms in total. The van der Waals surface area contributed by atoms with Gasteiger partial charge in [-0.1, -0.05) is 13.8 Å². The number of hydrogen-bond donors (Lipinski definition) is 2. The number of aliphatic hydroxyl groups excluding tert-OH is 1.